The van der Waals surface area contributed by atoms with Crippen molar-refractivity contribution in [3.8, 4) is 0 Å². The van der Waals surface area contributed by atoms with E-state index in [-0.39, 0.29) is 12.2 Å². The molecule has 2 heterocycles. The minimum absolute atomic E-state index is 0.0233. The van der Waals surface area contributed by atoms with Gasteiger partial charge in [0, 0.05) is 12.2 Å². The number of alkyl halides is 3. The van der Waals surface area contributed by atoms with Crippen LogP contribution in [0.3, 0.4) is 0 Å². The Labute approximate surface area is 206 Å². The molecule has 1 aromatic heterocycles. The van der Waals surface area contributed by atoms with Crippen molar-refractivity contribution in [2.24, 2.45) is 0 Å². The van der Waals surface area contributed by atoms with Crippen LogP contribution in [0.15, 0.2) is 47.6 Å². The van der Waals surface area contributed by atoms with Crippen LogP contribution in [-0.2, 0) is 21.2 Å². The lowest BCUT2D eigenvalue weighted by Gasteiger charge is -2.27. The highest BCUT2D eigenvalue weighted by Crippen LogP contribution is 2.50. The molecule has 0 bridgehead atoms. The van der Waals surface area contributed by atoms with E-state index in [1.54, 1.807) is 18.5 Å². The Hall–Kier alpha value is -3.15. The lowest BCUT2D eigenvalue weighted by atomic mass is 9.95. The van der Waals surface area contributed by atoms with Crippen LogP contribution in [0.1, 0.15) is 50.5 Å². The van der Waals surface area contributed by atoms with E-state index in [1.807, 2.05) is 0 Å². The topological polar surface area (TPSA) is 99.7 Å². The molecule has 5 rings (SSSR count). The number of hydrogen-bond acceptors (Lipinski definition) is 6. The average Bonchev–Trinajstić information content (AvgIpc) is 3.62. The minimum atomic E-state index is -5.53. The van der Waals surface area contributed by atoms with Gasteiger partial charge >= 0.3 is 11.5 Å². The molecule has 1 aliphatic heterocycles. The molecular formula is C24H25F3N4O4S. The van der Waals surface area contributed by atoms with Crippen LogP contribution in [0.25, 0.3) is 0 Å². The van der Waals surface area contributed by atoms with Gasteiger partial charge < -0.3 is 10.2 Å². The predicted molar refractivity (Wildman–Crippen MR) is 125 cm³/mol. The first-order valence-electron chi connectivity index (χ1n) is 11.8. The number of sulfone groups is 1. The summed E-state index contributed by atoms with van der Waals surface area (Å²) in [5, 5.41) is 3.52. The molecule has 1 aromatic carbocycles. The van der Waals surface area contributed by atoms with E-state index in [0.717, 1.165) is 66.1 Å². The van der Waals surface area contributed by atoms with E-state index in [2.05, 4.69) is 10.3 Å². The van der Waals surface area contributed by atoms with E-state index in [4.69, 9.17) is 0 Å². The highest BCUT2D eigenvalue weighted by atomic mass is 32.2. The number of nitrogens with zero attached hydrogens (tertiary/aromatic N) is 3. The fraction of sp³-hybridized carbons (Fsp3) is 0.458. The van der Waals surface area contributed by atoms with Gasteiger partial charge in [-0.1, -0.05) is 19.3 Å². The second kappa shape index (κ2) is 8.75. The van der Waals surface area contributed by atoms with E-state index in [9.17, 15) is 31.2 Å². The summed E-state index contributed by atoms with van der Waals surface area (Å²) < 4.78 is 61.9. The zero-order valence-electron chi connectivity index (χ0n) is 19.3. The number of benzene rings is 1. The van der Waals surface area contributed by atoms with Crippen molar-refractivity contribution < 1.29 is 31.2 Å². The molecule has 3 amide bonds. The molecule has 2 aliphatic carbocycles. The third-order valence-corrected chi connectivity index (χ3v) is 8.68. The van der Waals surface area contributed by atoms with Gasteiger partial charge in [0.25, 0.3) is 15.7 Å². The van der Waals surface area contributed by atoms with Crippen molar-refractivity contribution in [2.45, 2.75) is 73.5 Å². The quantitative estimate of drug-likeness (QED) is 0.556. The molecule has 1 N–H and O–H groups in total. The number of amides is 3. The summed E-state index contributed by atoms with van der Waals surface area (Å²) in [4.78, 5) is 32.4. The Morgan fingerprint density at radius 3 is 2.31 bits per heavy atom. The number of nitrogens with one attached hydrogen (secondary N) is 1. The number of carbonyl (C=O) groups excluding carboxylic acids is 2. The molecule has 1 saturated heterocycles. The molecule has 3 fully saturated rings. The average molecular weight is 523 g/mol. The van der Waals surface area contributed by atoms with Crippen molar-refractivity contribution in [1.82, 2.24) is 9.88 Å². The third kappa shape index (κ3) is 4.10. The summed E-state index contributed by atoms with van der Waals surface area (Å²) >= 11 is 0. The monoisotopic (exact) mass is 522 g/mol. The van der Waals surface area contributed by atoms with Gasteiger partial charge in [-0.05, 0) is 61.6 Å². The van der Waals surface area contributed by atoms with Crippen molar-refractivity contribution >= 4 is 33.2 Å². The zero-order chi connectivity index (χ0) is 25.7. The lowest BCUT2D eigenvalue weighted by molar-refractivity contribution is -0.120. The maximum absolute atomic E-state index is 13.4. The lowest BCUT2D eigenvalue weighted by Crippen LogP contribution is -2.37. The highest BCUT2D eigenvalue weighted by Gasteiger charge is 2.65. The molecule has 0 atom stereocenters. The van der Waals surface area contributed by atoms with Crippen LogP contribution in [0.5, 0.6) is 0 Å². The second-order valence-corrected chi connectivity index (χ2v) is 11.4. The van der Waals surface area contributed by atoms with E-state index < -0.39 is 37.7 Å². The molecule has 1 spiro atoms. The molecule has 0 radical (unpaired) electrons. The third-order valence-electron chi connectivity index (χ3n) is 7.18. The molecule has 0 unspecified atom stereocenters. The van der Waals surface area contributed by atoms with Crippen LogP contribution in [0, 0.1) is 0 Å². The van der Waals surface area contributed by atoms with Crippen molar-refractivity contribution in [2.75, 3.05) is 10.2 Å². The normalized spacial score (nSPS) is 20.3. The van der Waals surface area contributed by atoms with Crippen LogP contribution in [-0.4, -0.2) is 47.3 Å². The van der Waals surface area contributed by atoms with Crippen LogP contribution < -0.4 is 10.2 Å². The number of urea groups is 1. The summed E-state index contributed by atoms with van der Waals surface area (Å²) in [6, 6.07) is 5.15. The minimum Gasteiger partial charge on any atom is -0.381 e. The molecule has 3 aliphatic rings. The smallest absolute Gasteiger partial charge is 0.381 e. The number of aromatic nitrogens is 1. The Balaban J connectivity index is 1.39. The van der Waals surface area contributed by atoms with Gasteiger partial charge in [-0.25, -0.2) is 18.1 Å². The predicted octanol–water partition coefficient (Wildman–Crippen LogP) is 4.62. The number of halogens is 3. The Bertz CT molecular complexity index is 1290. The number of pyridine rings is 1. The summed E-state index contributed by atoms with van der Waals surface area (Å²) in [7, 11) is -5.53. The summed E-state index contributed by atoms with van der Waals surface area (Å²) in [6.07, 6.45) is 9.89. The fourth-order valence-electron chi connectivity index (χ4n) is 5.00. The Morgan fingerprint density at radius 2 is 1.69 bits per heavy atom. The van der Waals surface area contributed by atoms with Crippen molar-refractivity contribution in [3.05, 3.63) is 48.3 Å². The van der Waals surface area contributed by atoms with Crippen LogP contribution in [0.4, 0.5) is 29.3 Å². The number of carbonyl (C=O) groups is 2. The molecule has 12 heteroatoms. The maximum atomic E-state index is 13.4. The second-order valence-electron chi connectivity index (χ2n) is 9.50. The van der Waals surface area contributed by atoms with Gasteiger partial charge in [-0.3, -0.25) is 9.78 Å². The standard InChI is InChI=1S/C24H25F3N4O4S/c25-24(26,27)36(34,35)19-8-6-18(7-9-19)31-21(32)23(11-12-23)30(22(31)33)15-16-10-13-28-14-20(16)29-17-4-2-1-3-5-17/h6-10,13-14,17,29H,1-5,11-12,15H2. The Kier molecular flexibility index (Phi) is 5.97. The zero-order valence-corrected chi connectivity index (χ0v) is 20.1. The maximum Gasteiger partial charge on any atom is 0.501 e. The highest BCUT2D eigenvalue weighted by molar-refractivity contribution is 7.92. The number of hydrogen-bond donors (Lipinski definition) is 1. The van der Waals surface area contributed by atoms with Gasteiger partial charge in [0.2, 0.25) is 0 Å². The number of imide groups is 1. The molecule has 8 nitrogen and oxygen atoms in total. The molecule has 2 saturated carbocycles. The number of anilines is 2. The van der Waals surface area contributed by atoms with Crippen LogP contribution in [0.2, 0.25) is 0 Å². The molecular weight excluding hydrogens is 497 g/mol. The summed E-state index contributed by atoms with van der Waals surface area (Å²) in [6.45, 7) is 0.166. The first-order valence-corrected chi connectivity index (χ1v) is 13.3. The summed E-state index contributed by atoms with van der Waals surface area (Å²) in [5.74, 6) is -0.463. The summed E-state index contributed by atoms with van der Waals surface area (Å²) in [5.41, 5.74) is -4.80. The largest absolute Gasteiger partial charge is 0.501 e. The van der Waals surface area contributed by atoms with Gasteiger partial charge in [0.1, 0.15) is 5.54 Å². The van der Waals surface area contributed by atoms with Gasteiger partial charge in [0.15, 0.2) is 0 Å². The Morgan fingerprint density at radius 1 is 1.03 bits per heavy atom. The van der Waals surface area contributed by atoms with E-state index in [1.165, 1.54) is 11.3 Å². The molecule has 2 aromatic rings. The van der Waals surface area contributed by atoms with E-state index >= 15 is 0 Å². The first-order chi connectivity index (χ1) is 17.0. The van der Waals surface area contributed by atoms with Gasteiger partial charge in [0.05, 0.1) is 29.0 Å². The molecule has 36 heavy (non-hydrogen) atoms. The van der Waals surface area contributed by atoms with Crippen molar-refractivity contribution in [3.63, 3.8) is 0 Å². The van der Waals surface area contributed by atoms with Gasteiger partial charge in [-0.15, -0.1) is 0 Å². The fourth-order valence-corrected chi connectivity index (χ4v) is 5.76. The van der Waals surface area contributed by atoms with E-state index in [0.29, 0.717) is 18.9 Å². The number of rotatable bonds is 6. The SMILES string of the molecule is O=C1N(c2ccc(S(=O)(=O)C(F)(F)F)cc2)C(=O)C2(CC2)N1Cc1ccncc1NC1CCCCC1. The van der Waals surface area contributed by atoms with Gasteiger partial charge in [-0.2, -0.15) is 13.2 Å². The first kappa shape index (κ1) is 24.5. The molecule has 192 valence electrons. The van der Waals surface area contributed by atoms with Crippen LogP contribution >= 0.6 is 0 Å². The van der Waals surface area contributed by atoms with Crippen molar-refractivity contribution in [1.29, 1.82) is 0 Å².